The van der Waals surface area contributed by atoms with Gasteiger partial charge in [-0.3, -0.25) is 19.5 Å². The molecule has 126 valence electrons. The Kier molecular flexibility index (Phi) is 4.67. The summed E-state index contributed by atoms with van der Waals surface area (Å²) in [5.41, 5.74) is 0.923. The molecule has 0 aliphatic rings. The Morgan fingerprint density at radius 2 is 1.96 bits per heavy atom. The van der Waals surface area contributed by atoms with Gasteiger partial charge in [0.1, 0.15) is 5.82 Å². The quantitative estimate of drug-likeness (QED) is 0.569. The number of para-hydroxylation sites is 1. The van der Waals surface area contributed by atoms with Crippen LogP contribution in [0.1, 0.15) is 11.4 Å². The number of benzene rings is 2. The molecule has 2 aromatic carbocycles. The zero-order valence-corrected chi connectivity index (χ0v) is 13.2. The summed E-state index contributed by atoms with van der Waals surface area (Å²) in [6, 6.07) is 13.1. The molecule has 0 bridgehead atoms. The van der Waals surface area contributed by atoms with Gasteiger partial charge < -0.3 is 5.11 Å². The lowest BCUT2D eigenvalue weighted by molar-refractivity contribution is -0.384. The van der Waals surface area contributed by atoms with Gasteiger partial charge in [0.25, 0.3) is 11.2 Å². The van der Waals surface area contributed by atoms with E-state index < -0.39 is 4.92 Å². The Morgan fingerprint density at radius 3 is 2.72 bits per heavy atom. The second kappa shape index (κ2) is 7.06. The summed E-state index contributed by atoms with van der Waals surface area (Å²) in [6.07, 6.45) is 3.26. The number of fused-ring (bicyclic) bond motifs is 1. The fourth-order valence-electron chi connectivity index (χ4n) is 2.54. The van der Waals surface area contributed by atoms with E-state index in [9.17, 15) is 20.0 Å². The number of hydrogen-bond donors (Lipinski definition) is 1. The van der Waals surface area contributed by atoms with E-state index in [1.54, 1.807) is 48.6 Å². The van der Waals surface area contributed by atoms with Crippen molar-refractivity contribution in [1.29, 1.82) is 0 Å². The first-order valence-electron chi connectivity index (χ1n) is 7.63. The molecule has 0 saturated carbocycles. The molecular formula is C18H15N3O4. The Bertz CT molecular complexity index is 1020. The molecule has 0 fully saturated rings. The molecule has 0 aliphatic heterocycles. The number of non-ortho nitro benzene ring substituents is 1. The number of rotatable bonds is 5. The van der Waals surface area contributed by atoms with Gasteiger partial charge in [0.05, 0.1) is 29.0 Å². The van der Waals surface area contributed by atoms with E-state index in [0.29, 0.717) is 22.3 Å². The summed E-state index contributed by atoms with van der Waals surface area (Å²) >= 11 is 0. The van der Waals surface area contributed by atoms with Crippen molar-refractivity contribution in [2.75, 3.05) is 6.61 Å². The Labute approximate surface area is 142 Å². The van der Waals surface area contributed by atoms with E-state index in [1.165, 1.54) is 16.7 Å². The number of aliphatic hydroxyl groups is 1. The summed E-state index contributed by atoms with van der Waals surface area (Å²) in [6.45, 7) is -0.0805. The molecule has 3 rings (SSSR count). The van der Waals surface area contributed by atoms with E-state index in [1.807, 2.05) is 0 Å². The van der Waals surface area contributed by atoms with E-state index in [2.05, 4.69) is 4.98 Å². The average molecular weight is 337 g/mol. The van der Waals surface area contributed by atoms with Crippen molar-refractivity contribution in [2.24, 2.45) is 0 Å². The highest BCUT2D eigenvalue weighted by atomic mass is 16.6. The molecule has 0 spiro atoms. The lowest BCUT2D eigenvalue weighted by Crippen LogP contribution is -2.25. The number of nitro benzene ring substituents is 1. The molecule has 7 nitrogen and oxygen atoms in total. The monoisotopic (exact) mass is 337 g/mol. The van der Waals surface area contributed by atoms with Gasteiger partial charge in [0, 0.05) is 12.1 Å². The standard InChI is InChI=1S/C18H15N3O4/c22-11-10-20-17(19-16-7-2-1-6-15(16)18(20)23)9-8-13-4-3-5-14(12-13)21(24)25/h1-9,12,22H,10-11H2/b9-8-. The van der Waals surface area contributed by atoms with Crippen LogP contribution in [0.4, 0.5) is 5.69 Å². The van der Waals surface area contributed by atoms with Gasteiger partial charge in [-0.25, -0.2) is 4.98 Å². The van der Waals surface area contributed by atoms with Crippen molar-refractivity contribution in [1.82, 2.24) is 9.55 Å². The first kappa shape index (κ1) is 16.5. The normalized spacial score (nSPS) is 11.2. The van der Waals surface area contributed by atoms with Crippen LogP contribution in [-0.2, 0) is 6.54 Å². The zero-order valence-electron chi connectivity index (χ0n) is 13.2. The SMILES string of the molecule is O=c1c2ccccc2nc(/C=C\c2cccc([N+](=O)[O-])c2)n1CCO. The second-order valence-corrected chi connectivity index (χ2v) is 5.35. The zero-order chi connectivity index (χ0) is 17.8. The van der Waals surface area contributed by atoms with Crippen molar-refractivity contribution in [3.63, 3.8) is 0 Å². The summed E-state index contributed by atoms with van der Waals surface area (Å²) in [7, 11) is 0. The maximum Gasteiger partial charge on any atom is 0.270 e. The summed E-state index contributed by atoms with van der Waals surface area (Å²) < 4.78 is 1.39. The highest BCUT2D eigenvalue weighted by Gasteiger charge is 2.09. The predicted octanol–water partition coefficient (Wildman–Crippen LogP) is 2.47. The minimum absolute atomic E-state index is 0.0126. The van der Waals surface area contributed by atoms with E-state index in [4.69, 9.17) is 0 Å². The van der Waals surface area contributed by atoms with Gasteiger partial charge >= 0.3 is 0 Å². The van der Waals surface area contributed by atoms with Crippen molar-refractivity contribution in [3.05, 3.63) is 80.4 Å². The van der Waals surface area contributed by atoms with Crippen LogP contribution in [0.3, 0.4) is 0 Å². The molecular weight excluding hydrogens is 322 g/mol. The molecule has 7 heteroatoms. The lowest BCUT2D eigenvalue weighted by atomic mass is 10.2. The molecule has 25 heavy (non-hydrogen) atoms. The van der Waals surface area contributed by atoms with Gasteiger partial charge in [0.2, 0.25) is 0 Å². The van der Waals surface area contributed by atoms with Gasteiger partial charge in [-0.2, -0.15) is 0 Å². The Morgan fingerprint density at radius 1 is 1.16 bits per heavy atom. The first-order chi connectivity index (χ1) is 12.1. The topological polar surface area (TPSA) is 98.3 Å². The molecule has 0 unspecified atom stereocenters. The van der Waals surface area contributed by atoms with Crippen LogP contribution in [0.15, 0.2) is 53.3 Å². The molecule has 0 amide bonds. The minimum atomic E-state index is -0.465. The lowest BCUT2D eigenvalue weighted by Gasteiger charge is -2.09. The fourth-order valence-corrected chi connectivity index (χ4v) is 2.54. The van der Waals surface area contributed by atoms with Crippen LogP contribution >= 0.6 is 0 Å². The molecule has 0 aliphatic carbocycles. The molecule has 1 heterocycles. The number of nitro groups is 1. The molecule has 1 aromatic heterocycles. The largest absolute Gasteiger partial charge is 0.395 e. The van der Waals surface area contributed by atoms with Crippen molar-refractivity contribution in [3.8, 4) is 0 Å². The minimum Gasteiger partial charge on any atom is -0.395 e. The third kappa shape index (κ3) is 3.46. The maximum absolute atomic E-state index is 12.6. The number of nitrogens with zero attached hydrogens (tertiary/aromatic N) is 3. The van der Waals surface area contributed by atoms with E-state index in [0.717, 1.165) is 0 Å². The molecule has 0 radical (unpaired) electrons. The summed E-state index contributed by atoms with van der Waals surface area (Å²) in [5, 5.41) is 20.6. The smallest absolute Gasteiger partial charge is 0.270 e. The number of aromatic nitrogens is 2. The van der Waals surface area contributed by atoms with Gasteiger partial charge in [-0.1, -0.05) is 30.3 Å². The molecule has 0 atom stereocenters. The number of aliphatic hydroxyl groups excluding tert-OH is 1. The molecule has 1 N–H and O–H groups in total. The Hall–Kier alpha value is -3.32. The predicted molar refractivity (Wildman–Crippen MR) is 95.1 cm³/mol. The summed E-state index contributed by atoms with van der Waals surface area (Å²) in [5.74, 6) is 0.379. The van der Waals surface area contributed by atoms with Crippen LogP contribution in [0, 0.1) is 10.1 Å². The van der Waals surface area contributed by atoms with E-state index >= 15 is 0 Å². The number of hydrogen-bond acceptors (Lipinski definition) is 5. The van der Waals surface area contributed by atoms with Crippen LogP contribution in [0.25, 0.3) is 23.1 Å². The third-order valence-corrected chi connectivity index (χ3v) is 3.72. The van der Waals surface area contributed by atoms with Gasteiger partial charge in [-0.15, -0.1) is 0 Å². The highest BCUT2D eigenvalue weighted by Crippen LogP contribution is 2.16. The van der Waals surface area contributed by atoms with Crippen LogP contribution in [0.5, 0.6) is 0 Å². The van der Waals surface area contributed by atoms with Gasteiger partial charge in [-0.05, 0) is 23.8 Å². The van der Waals surface area contributed by atoms with Gasteiger partial charge in [0.15, 0.2) is 0 Å². The maximum atomic E-state index is 12.6. The average Bonchev–Trinajstić information content (AvgIpc) is 2.63. The third-order valence-electron chi connectivity index (χ3n) is 3.72. The van der Waals surface area contributed by atoms with Crippen molar-refractivity contribution in [2.45, 2.75) is 6.54 Å². The fraction of sp³-hybridized carbons (Fsp3) is 0.111. The highest BCUT2D eigenvalue weighted by molar-refractivity contribution is 5.79. The van der Waals surface area contributed by atoms with Crippen LogP contribution in [0.2, 0.25) is 0 Å². The van der Waals surface area contributed by atoms with Crippen molar-refractivity contribution < 1.29 is 10.0 Å². The first-order valence-corrected chi connectivity index (χ1v) is 7.63. The van der Waals surface area contributed by atoms with Crippen LogP contribution in [-0.4, -0.2) is 26.2 Å². The Balaban J connectivity index is 2.08. The van der Waals surface area contributed by atoms with E-state index in [-0.39, 0.29) is 24.4 Å². The molecule has 0 saturated heterocycles. The molecule has 3 aromatic rings. The van der Waals surface area contributed by atoms with Crippen molar-refractivity contribution >= 4 is 28.7 Å². The summed E-state index contributed by atoms with van der Waals surface area (Å²) in [4.78, 5) is 27.4. The van der Waals surface area contributed by atoms with Crippen LogP contribution < -0.4 is 5.56 Å². The second-order valence-electron chi connectivity index (χ2n) is 5.35.